The van der Waals surface area contributed by atoms with Crippen LogP contribution in [0.25, 0.3) is 0 Å². The van der Waals surface area contributed by atoms with E-state index in [1.54, 1.807) is 18.2 Å². The third kappa shape index (κ3) is 2.64. The summed E-state index contributed by atoms with van der Waals surface area (Å²) in [6, 6.07) is 6.89. The molecule has 0 aliphatic heterocycles. The second-order valence-electron chi connectivity index (χ2n) is 3.85. The average Bonchev–Trinajstić information content (AvgIpc) is 2.30. The molecule has 2 rings (SSSR count). The van der Waals surface area contributed by atoms with Crippen molar-refractivity contribution < 1.29 is 10.2 Å². The minimum Gasteiger partial charge on any atom is -0.508 e. The molecule has 0 saturated carbocycles. The van der Waals surface area contributed by atoms with Gasteiger partial charge >= 0.3 is 0 Å². The maximum atomic E-state index is 9.67. The Bertz CT molecular complexity index is 395. The van der Waals surface area contributed by atoms with Crippen LogP contribution < -0.4 is 5.32 Å². The van der Waals surface area contributed by atoms with E-state index in [1.807, 2.05) is 30.4 Å². The number of nitrogens with one attached hydrogen (secondary N) is 1. The van der Waals surface area contributed by atoms with Gasteiger partial charge in [-0.25, -0.2) is 0 Å². The van der Waals surface area contributed by atoms with Crippen molar-refractivity contribution in [3.05, 3.63) is 48.6 Å². The molecule has 3 N–H and O–H groups in total. The maximum Gasteiger partial charge on any atom is 0.115 e. The Hall–Kier alpha value is -1.74. The minimum atomic E-state index is -0.422. The van der Waals surface area contributed by atoms with Gasteiger partial charge in [0.2, 0.25) is 0 Å². The van der Waals surface area contributed by atoms with E-state index < -0.39 is 6.10 Å². The number of aliphatic hydroxyl groups excluding tert-OH is 1. The Labute approximate surface area is 94.7 Å². The van der Waals surface area contributed by atoms with Crippen LogP contribution in [0.15, 0.2) is 48.6 Å². The van der Waals surface area contributed by atoms with Crippen molar-refractivity contribution in [2.24, 2.45) is 5.92 Å². The summed E-state index contributed by atoms with van der Waals surface area (Å²) in [6.45, 7) is 0.673. The highest BCUT2D eigenvalue weighted by Gasteiger charge is 2.14. The summed E-state index contributed by atoms with van der Waals surface area (Å²) in [4.78, 5) is 0. The molecule has 2 unspecified atom stereocenters. The predicted octanol–water partition coefficient (Wildman–Crippen LogP) is 1.91. The van der Waals surface area contributed by atoms with Crippen LogP contribution in [-0.4, -0.2) is 22.9 Å². The Balaban J connectivity index is 1.90. The summed E-state index contributed by atoms with van der Waals surface area (Å²) in [7, 11) is 0. The molecule has 0 bridgehead atoms. The highest BCUT2D eigenvalue weighted by molar-refractivity contribution is 5.46. The van der Waals surface area contributed by atoms with Crippen molar-refractivity contribution in [1.29, 1.82) is 0 Å². The first-order valence-corrected chi connectivity index (χ1v) is 5.31. The van der Waals surface area contributed by atoms with E-state index in [1.165, 1.54) is 0 Å². The number of allylic oxidation sites excluding steroid dienone is 2. The second kappa shape index (κ2) is 4.86. The van der Waals surface area contributed by atoms with Crippen LogP contribution in [0, 0.1) is 5.92 Å². The number of hydrogen-bond donors (Lipinski definition) is 3. The van der Waals surface area contributed by atoms with Gasteiger partial charge < -0.3 is 15.5 Å². The van der Waals surface area contributed by atoms with E-state index in [-0.39, 0.29) is 11.7 Å². The van der Waals surface area contributed by atoms with Crippen molar-refractivity contribution >= 4 is 5.69 Å². The van der Waals surface area contributed by atoms with Crippen LogP contribution in [0.4, 0.5) is 5.69 Å². The minimum absolute atomic E-state index is 0.0961. The van der Waals surface area contributed by atoms with Crippen molar-refractivity contribution in [3.8, 4) is 5.75 Å². The van der Waals surface area contributed by atoms with E-state index in [4.69, 9.17) is 5.11 Å². The van der Waals surface area contributed by atoms with E-state index in [0.29, 0.717) is 6.54 Å². The van der Waals surface area contributed by atoms with Gasteiger partial charge in [-0.2, -0.15) is 0 Å². The number of hydrogen-bond acceptors (Lipinski definition) is 3. The summed E-state index contributed by atoms with van der Waals surface area (Å²) < 4.78 is 0. The number of anilines is 1. The molecule has 0 fully saturated rings. The fraction of sp³-hybridized carbons (Fsp3) is 0.231. The second-order valence-corrected chi connectivity index (χ2v) is 3.85. The van der Waals surface area contributed by atoms with Gasteiger partial charge in [0.05, 0.1) is 6.10 Å². The molecular formula is C13H15NO2. The molecule has 0 amide bonds. The lowest BCUT2D eigenvalue weighted by Gasteiger charge is -2.20. The van der Waals surface area contributed by atoms with Crippen molar-refractivity contribution in [2.45, 2.75) is 6.10 Å². The molecule has 0 spiro atoms. The van der Waals surface area contributed by atoms with Gasteiger partial charge in [-0.1, -0.05) is 24.3 Å². The van der Waals surface area contributed by atoms with Gasteiger partial charge in [0.25, 0.3) is 0 Å². The number of aromatic hydroxyl groups is 1. The number of aliphatic hydroxyl groups is 1. The topological polar surface area (TPSA) is 52.5 Å². The molecule has 2 atom stereocenters. The molecule has 0 aromatic heterocycles. The zero-order chi connectivity index (χ0) is 11.4. The average molecular weight is 217 g/mol. The largest absolute Gasteiger partial charge is 0.508 e. The Kier molecular flexibility index (Phi) is 3.27. The molecule has 3 heteroatoms. The monoisotopic (exact) mass is 217 g/mol. The summed E-state index contributed by atoms with van der Waals surface area (Å²) in [5.41, 5.74) is 0.938. The maximum absolute atomic E-state index is 9.67. The number of benzene rings is 1. The highest BCUT2D eigenvalue weighted by Crippen LogP contribution is 2.17. The Morgan fingerprint density at radius 2 is 1.75 bits per heavy atom. The van der Waals surface area contributed by atoms with Gasteiger partial charge in [0.1, 0.15) is 5.75 Å². The summed E-state index contributed by atoms with van der Waals surface area (Å²) in [6.07, 6.45) is 7.13. The molecule has 84 valence electrons. The van der Waals surface area contributed by atoms with Crippen LogP contribution >= 0.6 is 0 Å². The fourth-order valence-electron chi connectivity index (χ4n) is 1.65. The van der Waals surface area contributed by atoms with E-state index in [2.05, 4.69) is 5.32 Å². The number of rotatable bonds is 3. The van der Waals surface area contributed by atoms with Gasteiger partial charge in [-0.05, 0) is 24.3 Å². The zero-order valence-electron chi connectivity index (χ0n) is 8.88. The number of phenols is 1. The molecule has 0 radical (unpaired) electrons. The standard InChI is InChI=1S/C13H15NO2/c15-12-7-5-11(6-8-12)14-9-10-3-1-2-4-13(10)16/h1-8,10,13-16H,9H2. The third-order valence-corrected chi connectivity index (χ3v) is 2.63. The first-order chi connectivity index (χ1) is 7.75. The SMILES string of the molecule is Oc1ccc(NCC2C=CC=CC2O)cc1. The Morgan fingerprint density at radius 3 is 2.44 bits per heavy atom. The van der Waals surface area contributed by atoms with Crippen molar-refractivity contribution in [2.75, 3.05) is 11.9 Å². The number of phenolic OH excluding ortho intramolecular Hbond substituents is 1. The Morgan fingerprint density at radius 1 is 1.06 bits per heavy atom. The van der Waals surface area contributed by atoms with Gasteiger partial charge in [-0.3, -0.25) is 0 Å². The molecule has 1 aromatic rings. The normalized spacial score (nSPS) is 23.3. The molecule has 1 aliphatic rings. The third-order valence-electron chi connectivity index (χ3n) is 2.63. The van der Waals surface area contributed by atoms with Crippen LogP contribution in [0.1, 0.15) is 0 Å². The van der Waals surface area contributed by atoms with Gasteiger partial charge in [-0.15, -0.1) is 0 Å². The summed E-state index contributed by atoms with van der Waals surface area (Å²) in [5.74, 6) is 0.352. The van der Waals surface area contributed by atoms with Crippen LogP contribution in [0.5, 0.6) is 5.75 Å². The lowest BCUT2D eigenvalue weighted by atomic mass is 9.98. The fourth-order valence-corrected chi connectivity index (χ4v) is 1.65. The van der Waals surface area contributed by atoms with E-state index in [9.17, 15) is 5.11 Å². The van der Waals surface area contributed by atoms with Gasteiger partial charge in [0, 0.05) is 18.2 Å². The molecule has 0 heterocycles. The van der Waals surface area contributed by atoms with Crippen LogP contribution in [-0.2, 0) is 0 Å². The lowest BCUT2D eigenvalue weighted by molar-refractivity contribution is 0.180. The summed E-state index contributed by atoms with van der Waals surface area (Å²) in [5, 5.41) is 22.0. The lowest BCUT2D eigenvalue weighted by Crippen LogP contribution is -2.25. The predicted molar refractivity (Wildman–Crippen MR) is 64.4 cm³/mol. The first kappa shape index (κ1) is 10.8. The van der Waals surface area contributed by atoms with E-state index in [0.717, 1.165) is 5.69 Å². The molecule has 16 heavy (non-hydrogen) atoms. The van der Waals surface area contributed by atoms with Crippen molar-refractivity contribution in [3.63, 3.8) is 0 Å². The van der Waals surface area contributed by atoms with Gasteiger partial charge in [0.15, 0.2) is 0 Å². The van der Waals surface area contributed by atoms with Crippen LogP contribution in [0.3, 0.4) is 0 Å². The zero-order valence-corrected chi connectivity index (χ0v) is 8.88. The highest BCUT2D eigenvalue weighted by atomic mass is 16.3. The van der Waals surface area contributed by atoms with E-state index >= 15 is 0 Å². The van der Waals surface area contributed by atoms with Crippen molar-refractivity contribution in [1.82, 2.24) is 0 Å². The quantitative estimate of drug-likeness (QED) is 0.678. The van der Waals surface area contributed by atoms with Crippen LogP contribution in [0.2, 0.25) is 0 Å². The molecule has 3 nitrogen and oxygen atoms in total. The smallest absolute Gasteiger partial charge is 0.115 e. The first-order valence-electron chi connectivity index (χ1n) is 5.31. The molecule has 1 aromatic carbocycles. The summed E-state index contributed by atoms with van der Waals surface area (Å²) >= 11 is 0. The molecular weight excluding hydrogens is 202 g/mol. The molecule has 0 saturated heterocycles. The molecule has 1 aliphatic carbocycles.